The molecule has 0 unspecified atom stereocenters. The Balaban J connectivity index is 2.16. The molecule has 0 spiro atoms. The van der Waals surface area contributed by atoms with Crippen molar-refractivity contribution in [3.63, 3.8) is 0 Å². The SMILES string of the molecule is CC(=O)c1cc(-c2cccc(CC(C)C)c2)c2ncccn12. The Bertz CT molecular complexity index is 830. The Kier molecular flexibility index (Phi) is 3.80. The number of carbonyl (C=O) groups is 1. The van der Waals surface area contributed by atoms with Gasteiger partial charge in [-0.2, -0.15) is 0 Å². The number of Topliss-reactive ketones (excluding diaryl/α,β-unsaturated/α-hetero) is 1. The first-order valence-electron chi connectivity index (χ1n) is 7.62. The number of aromatic nitrogens is 2. The summed E-state index contributed by atoms with van der Waals surface area (Å²) in [5.74, 6) is 0.666. The predicted molar refractivity (Wildman–Crippen MR) is 89.2 cm³/mol. The molecule has 2 aromatic heterocycles. The average Bonchev–Trinajstić information content (AvgIpc) is 2.86. The molecule has 3 heteroatoms. The van der Waals surface area contributed by atoms with Crippen LogP contribution in [0.3, 0.4) is 0 Å². The fourth-order valence-corrected chi connectivity index (χ4v) is 2.86. The van der Waals surface area contributed by atoms with Gasteiger partial charge in [0, 0.05) is 24.9 Å². The van der Waals surface area contributed by atoms with E-state index in [-0.39, 0.29) is 5.78 Å². The normalized spacial score (nSPS) is 11.3. The predicted octanol–water partition coefficient (Wildman–Crippen LogP) is 4.40. The first-order valence-corrected chi connectivity index (χ1v) is 7.62. The van der Waals surface area contributed by atoms with E-state index in [2.05, 4.69) is 43.1 Å². The molecule has 0 aliphatic heterocycles. The lowest BCUT2D eigenvalue weighted by Gasteiger charge is -2.07. The van der Waals surface area contributed by atoms with E-state index < -0.39 is 0 Å². The van der Waals surface area contributed by atoms with E-state index >= 15 is 0 Å². The van der Waals surface area contributed by atoms with Crippen LogP contribution in [0.2, 0.25) is 0 Å². The quantitative estimate of drug-likeness (QED) is 0.668. The number of hydrogen-bond donors (Lipinski definition) is 0. The van der Waals surface area contributed by atoms with Crippen LogP contribution in [0.1, 0.15) is 36.8 Å². The van der Waals surface area contributed by atoms with Gasteiger partial charge in [-0.3, -0.25) is 9.20 Å². The summed E-state index contributed by atoms with van der Waals surface area (Å²) in [6.07, 6.45) is 4.70. The van der Waals surface area contributed by atoms with Crippen molar-refractivity contribution in [3.8, 4) is 11.1 Å². The minimum atomic E-state index is 0.0487. The number of hydrogen-bond acceptors (Lipinski definition) is 2. The van der Waals surface area contributed by atoms with Crippen molar-refractivity contribution in [2.45, 2.75) is 27.2 Å². The topological polar surface area (TPSA) is 34.4 Å². The molecule has 0 amide bonds. The van der Waals surface area contributed by atoms with Gasteiger partial charge in [-0.25, -0.2) is 4.98 Å². The summed E-state index contributed by atoms with van der Waals surface area (Å²) in [5.41, 5.74) is 4.94. The highest BCUT2D eigenvalue weighted by atomic mass is 16.1. The van der Waals surface area contributed by atoms with Crippen molar-refractivity contribution in [3.05, 3.63) is 60.0 Å². The van der Waals surface area contributed by atoms with E-state index in [0.29, 0.717) is 11.6 Å². The average molecular weight is 292 g/mol. The second kappa shape index (κ2) is 5.76. The molecule has 3 nitrogen and oxygen atoms in total. The summed E-state index contributed by atoms with van der Waals surface area (Å²) in [7, 11) is 0. The van der Waals surface area contributed by atoms with Crippen LogP contribution in [0.15, 0.2) is 48.8 Å². The maximum atomic E-state index is 11.9. The molecule has 1 aromatic carbocycles. The van der Waals surface area contributed by atoms with Gasteiger partial charge >= 0.3 is 0 Å². The van der Waals surface area contributed by atoms with Crippen LogP contribution in [0.5, 0.6) is 0 Å². The van der Waals surface area contributed by atoms with Gasteiger partial charge < -0.3 is 0 Å². The van der Waals surface area contributed by atoms with Gasteiger partial charge in [0.2, 0.25) is 0 Å². The summed E-state index contributed by atoms with van der Waals surface area (Å²) in [6.45, 7) is 6.03. The lowest BCUT2D eigenvalue weighted by Crippen LogP contribution is -1.98. The molecule has 0 bridgehead atoms. The van der Waals surface area contributed by atoms with Crippen molar-refractivity contribution in [1.29, 1.82) is 0 Å². The molecule has 0 saturated carbocycles. The molecule has 0 saturated heterocycles. The second-order valence-electron chi connectivity index (χ2n) is 6.11. The molecule has 2 heterocycles. The van der Waals surface area contributed by atoms with Gasteiger partial charge in [-0.15, -0.1) is 0 Å². The van der Waals surface area contributed by atoms with Gasteiger partial charge in [0.25, 0.3) is 0 Å². The van der Waals surface area contributed by atoms with Crippen molar-refractivity contribution >= 4 is 11.4 Å². The molecule has 22 heavy (non-hydrogen) atoms. The van der Waals surface area contributed by atoms with Crippen molar-refractivity contribution < 1.29 is 4.79 Å². The minimum absolute atomic E-state index is 0.0487. The Morgan fingerprint density at radius 2 is 2.05 bits per heavy atom. The highest BCUT2D eigenvalue weighted by molar-refractivity contribution is 5.97. The smallest absolute Gasteiger partial charge is 0.176 e. The van der Waals surface area contributed by atoms with Gasteiger partial charge in [0.1, 0.15) is 5.65 Å². The molecule has 0 aliphatic rings. The Morgan fingerprint density at radius 1 is 1.23 bits per heavy atom. The van der Waals surface area contributed by atoms with Gasteiger partial charge in [-0.05, 0) is 35.6 Å². The Morgan fingerprint density at radius 3 is 2.77 bits per heavy atom. The van der Waals surface area contributed by atoms with E-state index in [1.165, 1.54) is 5.56 Å². The third kappa shape index (κ3) is 2.67. The van der Waals surface area contributed by atoms with Crippen LogP contribution in [0.4, 0.5) is 0 Å². The van der Waals surface area contributed by atoms with Crippen LogP contribution >= 0.6 is 0 Å². The summed E-state index contributed by atoms with van der Waals surface area (Å²) < 4.78 is 1.87. The van der Waals surface area contributed by atoms with Crippen LogP contribution in [-0.2, 0) is 6.42 Å². The third-order valence-electron chi connectivity index (χ3n) is 3.77. The first-order chi connectivity index (χ1) is 10.6. The van der Waals surface area contributed by atoms with Crippen LogP contribution in [-0.4, -0.2) is 15.2 Å². The van der Waals surface area contributed by atoms with Crippen LogP contribution in [0.25, 0.3) is 16.8 Å². The fraction of sp³-hybridized carbons (Fsp3) is 0.263. The lowest BCUT2D eigenvalue weighted by molar-refractivity contribution is 0.101. The summed E-state index contributed by atoms with van der Waals surface area (Å²) in [5, 5.41) is 0. The second-order valence-corrected chi connectivity index (χ2v) is 6.11. The monoisotopic (exact) mass is 292 g/mol. The first kappa shape index (κ1) is 14.5. The molecule has 0 fully saturated rings. The van der Waals surface area contributed by atoms with Gasteiger partial charge in [-0.1, -0.05) is 38.1 Å². The van der Waals surface area contributed by atoms with Crippen molar-refractivity contribution in [2.24, 2.45) is 5.92 Å². The van der Waals surface area contributed by atoms with E-state index in [0.717, 1.165) is 23.2 Å². The standard InChI is InChI=1S/C19H20N2O/c1-13(2)10-15-6-4-7-16(11-15)17-12-18(14(3)22)21-9-5-8-20-19(17)21/h4-9,11-13H,10H2,1-3H3. The van der Waals surface area contributed by atoms with E-state index in [9.17, 15) is 4.79 Å². The molecule has 0 aliphatic carbocycles. The Labute approximate surface area is 130 Å². The van der Waals surface area contributed by atoms with Crippen molar-refractivity contribution in [1.82, 2.24) is 9.38 Å². The zero-order valence-corrected chi connectivity index (χ0v) is 13.2. The summed E-state index contributed by atoms with van der Waals surface area (Å²) >= 11 is 0. The lowest BCUT2D eigenvalue weighted by atomic mass is 9.99. The highest BCUT2D eigenvalue weighted by Gasteiger charge is 2.14. The molecule has 3 rings (SSSR count). The number of rotatable bonds is 4. The summed E-state index contributed by atoms with van der Waals surface area (Å²) in [4.78, 5) is 16.3. The molecule has 0 atom stereocenters. The molecule has 112 valence electrons. The zero-order valence-electron chi connectivity index (χ0n) is 13.2. The maximum Gasteiger partial charge on any atom is 0.176 e. The molecule has 0 N–H and O–H groups in total. The molecule has 3 aromatic rings. The highest BCUT2D eigenvalue weighted by Crippen LogP contribution is 2.28. The number of carbonyl (C=O) groups excluding carboxylic acids is 1. The largest absolute Gasteiger partial charge is 0.298 e. The number of benzene rings is 1. The van der Waals surface area contributed by atoms with E-state index in [1.807, 2.05) is 22.7 Å². The Hall–Kier alpha value is -2.42. The number of ketones is 1. The van der Waals surface area contributed by atoms with E-state index in [1.54, 1.807) is 13.1 Å². The molecule has 0 radical (unpaired) electrons. The third-order valence-corrected chi connectivity index (χ3v) is 3.77. The number of fused-ring (bicyclic) bond motifs is 1. The van der Waals surface area contributed by atoms with Gasteiger partial charge in [0.05, 0.1) is 5.69 Å². The maximum absolute atomic E-state index is 11.9. The van der Waals surface area contributed by atoms with Gasteiger partial charge in [0.15, 0.2) is 5.78 Å². The molecular weight excluding hydrogens is 272 g/mol. The zero-order chi connectivity index (χ0) is 15.7. The van der Waals surface area contributed by atoms with Crippen LogP contribution < -0.4 is 0 Å². The molecular formula is C19H20N2O. The summed E-state index contributed by atoms with van der Waals surface area (Å²) in [6, 6.07) is 12.3. The fourth-order valence-electron chi connectivity index (χ4n) is 2.86. The van der Waals surface area contributed by atoms with E-state index in [4.69, 9.17) is 0 Å². The minimum Gasteiger partial charge on any atom is -0.298 e. The van der Waals surface area contributed by atoms with Crippen LogP contribution in [0, 0.1) is 5.92 Å². The number of nitrogens with zero attached hydrogens (tertiary/aromatic N) is 2. The van der Waals surface area contributed by atoms with Crippen molar-refractivity contribution in [2.75, 3.05) is 0 Å².